The van der Waals surface area contributed by atoms with Crippen LogP contribution in [0.15, 0.2) is 41.4 Å². The third-order valence-electron chi connectivity index (χ3n) is 3.98. The molecule has 1 fully saturated rings. The average molecular weight is 344 g/mol. The van der Waals surface area contributed by atoms with Crippen molar-refractivity contribution in [2.45, 2.75) is 18.9 Å². The van der Waals surface area contributed by atoms with Crippen molar-refractivity contribution in [2.24, 2.45) is 0 Å². The van der Waals surface area contributed by atoms with Gasteiger partial charge in [0, 0.05) is 11.0 Å². The Morgan fingerprint density at radius 2 is 2.00 bits per heavy atom. The van der Waals surface area contributed by atoms with Gasteiger partial charge in [-0.05, 0) is 30.5 Å². The summed E-state index contributed by atoms with van der Waals surface area (Å²) in [5.74, 6) is 0.947. The van der Waals surface area contributed by atoms with Gasteiger partial charge in [0.15, 0.2) is 11.5 Å². The largest absolute Gasteiger partial charge is 0.348 e. The Kier molecular flexibility index (Phi) is 3.11. The molecule has 0 aliphatic carbocycles. The number of hydrogen-bond acceptors (Lipinski definition) is 4. The molecule has 106 valence electrons. The van der Waals surface area contributed by atoms with E-state index in [-0.39, 0.29) is 0 Å². The summed E-state index contributed by atoms with van der Waals surface area (Å²) in [5.41, 5.74) is 2.96. The summed E-state index contributed by atoms with van der Waals surface area (Å²) in [7, 11) is 0. The van der Waals surface area contributed by atoms with Crippen LogP contribution in [0.2, 0.25) is 0 Å². The maximum Gasteiger partial charge on any atom is 0.182 e. The van der Waals surface area contributed by atoms with Gasteiger partial charge >= 0.3 is 0 Å². The molecule has 1 saturated heterocycles. The molecular weight excluding hydrogens is 330 g/mol. The molecule has 6 heteroatoms. The Labute approximate surface area is 130 Å². The van der Waals surface area contributed by atoms with Gasteiger partial charge in [0.2, 0.25) is 0 Å². The second-order valence-electron chi connectivity index (χ2n) is 5.20. The van der Waals surface area contributed by atoms with Crippen molar-refractivity contribution >= 4 is 32.9 Å². The summed E-state index contributed by atoms with van der Waals surface area (Å²) >= 11 is 3.49. The molecule has 1 aliphatic rings. The molecule has 21 heavy (non-hydrogen) atoms. The van der Waals surface area contributed by atoms with Crippen molar-refractivity contribution in [3.05, 3.63) is 47.0 Å². The Hall–Kier alpha value is -1.95. The molecule has 1 aromatic carbocycles. The Bertz CT molecular complexity index is 767. The minimum absolute atomic E-state index is 0.361. The third kappa shape index (κ3) is 2.19. The van der Waals surface area contributed by atoms with Crippen LogP contribution in [-0.2, 0) is 0 Å². The molecule has 0 saturated carbocycles. The number of hydrogen-bond donors (Lipinski definition) is 1. The Morgan fingerprint density at radius 1 is 1.14 bits per heavy atom. The van der Waals surface area contributed by atoms with Crippen LogP contribution in [0.1, 0.15) is 24.4 Å². The molecule has 0 bridgehead atoms. The Morgan fingerprint density at radius 3 is 2.86 bits per heavy atom. The van der Waals surface area contributed by atoms with Crippen LogP contribution < -0.4 is 4.90 Å². The first-order valence-corrected chi connectivity index (χ1v) is 7.78. The number of aromatic nitrogens is 4. The molecule has 4 rings (SSSR count). The number of aromatic amines is 1. The van der Waals surface area contributed by atoms with Gasteiger partial charge in [-0.3, -0.25) is 0 Å². The summed E-state index contributed by atoms with van der Waals surface area (Å²) in [5, 5.41) is 0. The van der Waals surface area contributed by atoms with Gasteiger partial charge in [-0.1, -0.05) is 28.1 Å². The molecule has 5 nitrogen and oxygen atoms in total. The van der Waals surface area contributed by atoms with E-state index < -0.39 is 0 Å². The molecule has 1 atom stereocenters. The van der Waals surface area contributed by atoms with E-state index >= 15 is 0 Å². The summed E-state index contributed by atoms with van der Waals surface area (Å²) in [6.45, 7) is 1.01. The van der Waals surface area contributed by atoms with Crippen LogP contribution in [-0.4, -0.2) is 26.5 Å². The summed E-state index contributed by atoms with van der Waals surface area (Å²) in [4.78, 5) is 18.4. The first kappa shape index (κ1) is 12.8. The highest BCUT2D eigenvalue weighted by molar-refractivity contribution is 9.10. The molecule has 0 spiro atoms. The van der Waals surface area contributed by atoms with Crippen LogP contribution in [0, 0.1) is 0 Å². The summed E-state index contributed by atoms with van der Waals surface area (Å²) < 4.78 is 1.11. The lowest BCUT2D eigenvalue weighted by molar-refractivity contribution is 0.712. The fourth-order valence-electron chi connectivity index (χ4n) is 3.02. The molecule has 0 amide bonds. The van der Waals surface area contributed by atoms with Gasteiger partial charge in [-0.2, -0.15) is 0 Å². The minimum Gasteiger partial charge on any atom is -0.348 e. The molecule has 0 radical (unpaired) electrons. The van der Waals surface area contributed by atoms with E-state index in [9.17, 15) is 0 Å². The first-order chi connectivity index (χ1) is 10.3. The zero-order valence-corrected chi connectivity index (χ0v) is 12.9. The van der Waals surface area contributed by atoms with E-state index in [0.29, 0.717) is 6.04 Å². The number of anilines is 1. The summed E-state index contributed by atoms with van der Waals surface area (Å²) in [6.07, 6.45) is 5.57. The fraction of sp³-hybridized carbons (Fsp3) is 0.267. The van der Waals surface area contributed by atoms with Crippen molar-refractivity contribution in [1.82, 2.24) is 19.9 Å². The van der Waals surface area contributed by atoms with E-state index in [0.717, 1.165) is 34.4 Å². The third-order valence-corrected chi connectivity index (χ3v) is 4.51. The van der Waals surface area contributed by atoms with Gasteiger partial charge in [0.05, 0.1) is 12.4 Å². The van der Waals surface area contributed by atoms with Crippen molar-refractivity contribution < 1.29 is 0 Å². The zero-order chi connectivity index (χ0) is 14.2. The maximum atomic E-state index is 4.49. The van der Waals surface area contributed by atoms with Crippen LogP contribution in [0.3, 0.4) is 0 Å². The van der Waals surface area contributed by atoms with E-state index in [1.807, 2.05) is 0 Å². The van der Waals surface area contributed by atoms with E-state index in [1.165, 1.54) is 12.0 Å². The molecule has 2 aromatic heterocycles. The number of H-pyrrole nitrogens is 1. The number of nitrogens with zero attached hydrogens (tertiary/aromatic N) is 4. The molecule has 3 heterocycles. The Balaban J connectivity index is 1.76. The molecule has 1 N–H and O–H groups in total. The van der Waals surface area contributed by atoms with Gasteiger partial charge < -0.3 is 9.88 Å². The van der Waals surface area contributed by atoms with Gasteiger partial charge in [0.1, 0.15) is 11.8 Å². The molecule has 1 aliphatic heterocycles. The first-order valence-electron chi connectivity index (χ1n) is 6.99. The second kappa shape index (κ2) is 5.11. The monoisotopic (exact) mass is 343 g/mol. The number of benzene rings is 1. The van der Waals surface area contributed by atoms with Gasteiger partial charge in [0.25, 0.3) is 0 Å². The van der Waals surface area contributed by atoms with Crippen molar-refractivity contribution in [2.75, 3.05) is 11.4 Å². The standard InChI is InChI=1S/C15H14BrN5/c16-11-5-3-10(4-6-11)12-2-1-7-21(12)15-13-14(18-8-17-13)19-9-20-15/h3-6,8-9,12H,1-2,7H2,(H,17,18,19,20). The van der Waals surface area contributed by atoms with E-state index in [1.54, 1.807) is 12.7 Å². The smallest absolute Gasteiger partial charge is 0.182 e. The topological polar surface area (TPSA) is 57.7 Å². The van der Waals surface area contributed by atoms with Crippen LogP contribution in [0.5, 0.6) is 0 Å². The predicted molar refractivity (Wildman–Crippen MR) is 85.1 cm³/mol. The number of fused-ring (bicyclic) bond motifs is 1. The summed E-state index contributed by atoms with van der Waals surface area (Å²) in [6, 6.07) is 8.91. The van der Waals surface area contributed by atoms with Gasteiger partial charge in [-0.25, -0.2) is 15.0 Å². The van der Waals surface area contributed by atoms with E-state index in [4.69, 9.17) is 0 Å². The number of imidazole rings is 1. The highest BCUT2D eigenvalue weighted by atomic mass is 79.9. The van der Waals surface area contributed by atoms with Crippen molar-refractivity contribution in [3.8, 4) is 0 Å². The number of rotatable bonds is 2. The average Bonchev–Trinajstić information content (AvgIpc) is 3.16. The molecule has 1 unspecified atom stereocenters. The lowest BCUT2D eigenvalue weighted by atomic mass is 10.0. The number of halogens is 1. The lowest BCUT2D eigenvalue weighted by Crippen LogP contribution is -2.24. The lowest BCUT2D eigenvalue weighted by Gasteiger charge is -2.26. The van der Waals surface area contributed by atoms with Crippen LogP contribution in [0.4, 0.5) is 5.82 Å². The van der Waals surface area contributed by atoms with Crippen LogP contribution in [0.25, 0.3) is 11.2 Å². The highest BCUT2D eigenvalue weighted by Gasteiger charge is 2.28. The quantitative estimate of drug-likeness (QED) is 0.774. The molecular formula is C15H14BrN5. The predicted octanol–water partition coefficient (Wildman–Crippen LogP) is 3.46. The highest BCUT2D eigenvalue weighted by Crippen LogP contribution is 2.37. The number of nitrogens with one attached hydrogen (secondary N) is 1. The van der Waals surface area contributed by atoms with E-state index in [2.05, 4.69) is 65.0 Å². The fourth-order valence-corrected chi connectivity index (χ4v) is 3.29. The maximum absolute atomic E-state index is 4.49. The van der Waals surface area contributed by atoms with Crippen molar-refractivity contribution in [1.29, 1.82) is 0 Å². The minimum atomic E-state index is 0.361. The molecule has 3 aromatic rings. The zero-order valence-electron chi connectivity index (χ0n) is 11.3. The van der Waals surface area contributed by atoms with Gasteiger partial charge in [-0.15, -0.1) is 0 Å². The second-order valence-corrected chi connectivity index (χ2v) is 6.12. The van der Waals surface area contributed by atoms with Crippen molar-refractivity contribution in [3.63, 3.8) is 0 Å². The van der Waals surface area contributed by atoms with Crippen LogP contribution >= 0.6 is 15.9 Å². The SMILES string of the molecule is Brc1ccc(C2CCCN2c2ncnc3nc[nH]c23)cc1. The normalized spacial score (nSPS) is 18.5.